The Morgan fingerprint density at radius 2 is 2.12 bits per heavy atom. The molecule has 0 spiro atoms. The van der Waals surface area contributed by atoms with Crippen LogP contribution in [-0.2, 0) is 10.2 Å². The highest BCUT2D eigenvalue weighted by atomic mass is 16.5. The summed E-state index contributed by atoms with van der Waals surface area (Å²) < 4.78 is 5.23. The Labute approximate surface area is 143 Å². The number of anilines is 1. The zero-order chi connectivity index (χ0) is 17.2. The second-order valence-corrected chi connectivity index (χ2v) is 7.84. The molecule has 2 saturated heterocycles. The van der Waals surface area contributed by atoms with Crippen molar-refractivity contribution in [1.29, 1.82) is 0 Å². The van der Waals surface area contributed by atoms with Gasteiger partial charge in [0.05, 0.1) is 12.2 Å². The van der Waals surface area contributed by atoms with Crippen molar-refractivity contribution in [3.8, 4) is 0 Å². The number of hydrogen-bond donors (Lipinski definition) is 2. The number of amides is 1. The van der Waals surface area contributed by atoms with Crippen LogP contribution in [0, 0.1) is 0 Å². The smallest absolute Gasteiger partial charge is 0.240 e. The highest BCUT2D eigenvalue weighted by Crippen LogP contribution is 2.23. The van der Waals surface area contributed by atoms with Crippen LogP contribution in [0.2, 0.25) is 0 Å². The fraction of sp³-hybridized carbons (Fsp3) is 0.765. The van der Waals surface area contributed by atoms with Crippen molar-refractivity contribution < 1.29 is 9.32 Å². The lowest BCUT2D eigenvalue weighted by molar-refractivity contribution is -0.117. The summed E-state index contributed by atoms with van der Waals surface area (Å²) in [5.41, 5.74) is 0.760. The van der Waals surface area contributed by atoms with E-state index in [9.17, 15) is 4.79 Å². The minimum Gasteiger partial charge on any atom is -0.338 e. The Kier molecular flexibility index (Phi) is 5.22. The van der Waals surface area contributed by atoms with Gasteiger partial charge in [-0.05, 0) is 6.42 Å². The molecule has 24 heavy (non-hydrogen) atoms. The molecule has 3 heterocycles. The number of hydrogen-bond acceptors (Lipinski definition) is 6. The van der Waals surface area contributed by atoms with E-state index in [1.807, 2.05) is 6.07 Å². The van der Waals surface area contributed by atoms with Gasteiger partial charge >= 0.3 is 0 Å². The molecule has 1 atom stereocenters. The van der Waals surface area contributed by atoms with Gasteiger partial charge in [-0.25, -0.2) is 0 Å². The summed E-state index contributed by atoms with van der Waals surface area (Å²) in [7, 11) is 0. The number of rotatable bonds is 4. The first kappa shape index (κ1) is 17.4. The second kappa shape index (κ2) is 7.21. The van der Waals surface area contributed by atoms with Gasteiger partial charge in [0.15, 0.2) is 0 Å². The standard InChI is InChI=1S/C17H29N5O2/c1-17(2,3)14-10-16(24-20-14)19-15(23)12-21-7-4-13(11-21)22-8-5-18-6-9-22/h10,13,18H,4-9,11-12H2,1-3H3,(H,19,23). The molecule has 1 amide bonds. The number of carbonyl (C=O) groups is 1. The Balaban J connectivity index is 1.46. The van der Waals surface area contributed by atoms with Gasteiger partial charge in [0.1, 0.15) is 0 Å². The maximum absolute atomic E-state index is 12.2. The van der Waals surface area contributed by atoms with Gasteiger partial charge < -0.3 is 9.84 Å². The van der Waals surface area contributed by atoms with Crippen LogP contribution in [0.1, 0.15) is 32.9 Å². The first-order chi connectivity index (χ1) is 11.4. The third kappa shape index (κ3) is 4.34. The molecule has 0 radical (unpaired) electrons. The third-order valence-electron chi connectivity index (χ3n) is 4.82. The number of nitrogens with one attached hydrogen (secondary N) is 2. The molecule has 2 N–H and O–H groups in total. The molecule has 3 rings (SSSR count). The molecule has 2 aliphatic rings. The first-order valence-corrected chi connectivity index (χ1v) is 8.86. The molecule has 7 nitrogen and oxygen atoms in total. The number of likely N-dealkylation sites (tertiary alicyclic amines) is 1. The van der Waals surface area contributed by atoms with Crippen LogP contribution in [0.3, 0.4) is 0 Å². The van der Waals surface area contributed by atoms with Crippen molar-refractivity contribution in [2.24, 2.45) is 0 Å². The van der Waals surface area contributed by atoms with Crippen molar-refractivity contribution >= 4 is 11.8 Å². The Hall–Kier alpha value is -1.44. The normalized spacial score (nSPS) is 23.5. The molecule has 1 unspecified atom stereocenters. The molecule has 0 aliphatic carbocycles. The summed E-state index contributed by atoms with van der Waals surface area (Å²) in [6, 6.07) is 2.39. The van der Waals surface area contributed by atoms with Gasteiger partial charge in [-0.2, -0.15) is 0 Å². The lowest BCUT2D eigenvalue weighted by Gasteiger charge is -2.32. The van der Waals surface area contributed by atoms with Crippen LogP contribution < -0.4 is 10.6 Å². The van der Waals surface area contributed by atoms with Crippen molar-refractivity contribution in [3.63, 3.8) is 0 Å². The summed E-state index contributed by atoms with van der Waals surface area (Å²) in [5, 5.41) is 10.2. The zero-order valence-electron chi connectivity index (χ0n) is 15.0. The lowest BCUT2D eigenvalue weighted by atomic mass is 9.92. The number of aromatic nitrogens is 1. The molecule has 1 aromatic rings. The van der Waals surface area contributed by atoms with E-state index in [4.69, 9.17) is 4.52 Å². The number of piperazine rings is 1. The maximum atomic E-state index is 12.2. The minimum absolute atomic E-state index is 0.0347. The SMILES string of the molecule is CC(C)(C)c1cc(NC(=O)CN2CCC(N3CCNCC3)C2)on1. The first-order valence-electron chi connectivity index (χ1n) is 8.86. The molecule has 2 aliphatic heterocycles. The molecule has 0 aromatic carbocycles. The summed E-state index contributed by atoms with van der Waals surface area (Å²) in [5.74, 6) is 0.398. The van der Waals surface area contributed by atoms with E-state index >= 15 is 0 Å². The van der Waals surface area contributed by atoms with Gasteiger partial charge in [0.25, 0.3) is 0 Å². The van der Waals surface area contributed by atoms with E-state index in [-0.39, 0.29) is 11.3 Å². The van der Waals surface area contributed by atoms with Gasteiger partial charge in [-0.3, -0.25) is 19.9 Å². The van der Waals surface area contributed by atoms with Crippen LogP contribution in [0.25, 0.3) is 0 Å². The highest BCUT2D eigenvalue weighted by molar-refractivity contribution is 5.91. The van der Waals surface area contributed by atoms with E-state index in [1.54, 1.807) is 0 Å². The van der Waals surface area contributed by atoms with E-state index in [0.717, 1.165) is 51.4 Å². The Bertz CT molecular complexity index is 560. The largest absolute Gasteiger partial charge is 0.338 e. The van der Waals surface area contributed by atoms with Crippen molar-refractivity contribution in [2.75, 3.05) is 51.1 Å². The Morgan fingerprint density at radius 3 is 2.79 bits per heavy atom. The average Bonchev–Trinajstić information content (AvgIpc) is 3.17. The van der Waals surface area contributed by atoms with Crippen molar-refractivity contribution in [1.82, 2.24) is 20.3 Å². The van der Waals surface area contributed by atoms with Crippen LogP contribution in [0.5, 0.6) is 0 Å². The Morgan fingerprint density at radius 1 is 1.38 bits per heavy atom. The average molecular weight is 335 g/mol. The van der Waals surface area contributed by atoms with E-state index in [1.165, 1.54) is 0 Å². The molecule has 1 aromatic heterocycles. The fourth-order valence-corrected chi connectivity index (χ4v) is 3.37. The maximum Gasteiger partial charge on any atom is 0.240 e. The molecular weight excluding hydrogens is 306 g/mol. The van der Waals surface area contributed by atoms with Crippen LogP contribution in [0.4, 0.5) is 5.88 Å². The van der Waals surface area contributed by atoms with Gasteiger partial charge in [-0.15, -0.1) is 0 Å². The topological polar surface area (TPSA) is 73.6 Å². The molecule has 0 bridgehead atoms. The minimum atomic E-state index is -0.0854. The van der Waals surface area contributed by atoms with Crippen molar-refractivity contribution in [3.05, 3.63) is 11.8 Å². The second-order valence-electron chi connectivity index (χ2n) is 7.84. The third-order valence-corrected chi connectivity index (χ3v) is 4.82. The summed E-state index contributed by atoms with van der Waals surface area (Å²) in [6.45, 7) is 12.9. The van der Waals surface area contributed by atoms with Crippen LogP contribution in [0.15, 0.2) is 10.6 Å². The molecule has 134 valence electrons. The molecule has 2 fully saturated rings. The lowest BCUT2D eigenvalue weighted by Crippen LogP contribution is -2.49. The monoisotopic (exact) mass is 335 g/mol. The van der Waals surface area contributed by atoms with Crippen molar-refractivity contribution in [2.45, 2.75) is 38.6 Å². The molecular formula is C17H29N5O2. The predicted molar refractivity (Wildman–Crippen MR) is 93.1 cm³/mol. The van der Waals surface area contributed by atoms with Gasteiger partial charge in [0, 0.05) is 56.8 Å². The zero-order valence-corrected chi connectivity index (χ0v) is 15.0. The van der Waals surface area contributed by atoms with Crippen LogP contribution in [-0.4, -0.2) is 72.7 Å². The quantitative estimate of drug-likeness (QED) is 0.851. The predicted octanol–water partition coefficient (Wildman–Crippen LogP) is 0.890. The van der Waals surface area contributed by atoms with Crippen LogP contribution >= 0.6 is 0 Å². The number of carbonyl (C=O) groups excluding carboxylic acids is 1. The van der Waals surface area contributed by atoms with E-state index < -0.39 is 0 Å². The van der Waals surface area contributed by atoms with E-state index in [2.05, 4.69) is 46.4 Å². The van der Waals surface area contributed by atoms with Gasteiger partial charge in [0.2, 0.25) is 11.8 Å². The molecule has 0 saturated carbocycles. The van der Waals surface area contributed by atoms with Gasteiger partial charge in [-0.1, -0.05) is 25.9 Å². The summed E-state index contributed by atoms with van der Waals surface area (Å²) in [6.07, 6.45) is 1.14. The molecule has 7 heteroatoms. The summed E-state index contributed by atoms with van der Waals surface area (Å²) in [4.78, 5) is 17.0. The highest BCUT2D eigenvalue weighted by Gasteiger charge is 2.29. The fourth-order valence-electron chi connectivity index (χ4n) is 3.37. The number of nitrogens with zero attached hydrogens (tertiary/aromatic N) is 3. The summed E-state index contributed by atoms with van der Waals surface area (Å²) >= 11 is 0. The van der Waals surface area contributed by atoms with E-state index in [0.29, 0.717) is 18.5 Å².